The third kappa shape index (κ3) is 4.48. The zero-order valence-electron chi connectivity index (χ0n) is 15.1. The fraction of sp³-hybridized carbons (Fsp3) is 0.474. The van der Waals surface area contributed by atoms with Gasteiger partial charge in [0.05, 0.1) is 11.2 Å². The normalized spacial score (nSPS) is 19.8. The standard InChI is InChI=1S/C19H24BFO3/c1-17(2,22)11-10-14-8-7-9-15(12-14)13-16(21)20-23-18(3,4)19(5,6)24-20/h7-9,12-13,22H,1-6H3. The van der Waals surface area contributed by atoms with E-state index in [4.69, 9.17) is 9.31 Å². The van der Waals surface area contributed by atoms with E-state index in [0.717, 1.165) is 0 Å². The van der Waals surface area contributed by atoms with Crippen molar-refractivity contribution in [3.63, 3.8) is 0 Å². The summed E-state index contributed by atoms with van der Waals surface area (Å²) in [7, 11) is -1.01. The summed E-state index contributed by atoms with van der Waals surface area (Å²) >= 11 is 0. The summed E-state index contributed by atoms with van der Waals surface area (Å²) in [4.78, 5) is 0. The van der Waals surface area contributed by atoms with E-state index in [1.165, 1.54) is 6.08 Å². The summed E-state index contributed by atoms with van der Waals surface area (Å²) in [6.07, 6.45) is 1.39. The van der Waals surface area contributed by atoms with Crippen molar-refractivity contribution in [3.05, 3.63) is 41.1 Å². The summed E-state index contributed by atoms with van der Waals surface area (Å²) in [5, 5.41) is 9.66. The summed E-state index contributed by atoms with van der Waals surface area (Å²) in [6.45, 7) is 10.8. The third-order valence-electron chi connectivity index (χ3n) is 4.18. The maximum absolute atomic E-state index is 14.5. The van der Waals surface area contributed by atoms with Gasteiger partial charge in [-0.05, 0) is 65.3 Å². The molecule has 5 heteroatoms. The van der Waals surface area contributed by atoms with Crippen LogP contribution in [0.15, 0.2) is 30.0 Å². The molecule has 1 aliphatic heterocycles. The van der Waals surface area contributed by atoms with Crippen LogP contribution in [-0.4, -0.2) is 29.0 Å². The molecule has 1 aromatic carbocycles. The summed E-state index contributed by atoms with van der Waals surface area (Å²) in [5.74, 6) is 5.62. The fourth-order valence-electron chi connectivity index (χ4n) is 2.11. The largest absolute Gasteiger partial charge is 0.525 e. The van der Waals surface area contributed by atoms with Crippen LogP contribution in [0.4, 0.5) is 4.39 Å². The highest BCUT2D eigenvalue weighted by atomic mass is 19.1. The van der Waals surface area contributed by atoms with Gasteiger partial charge in [0.15, 0.2) is 0 Å². The molecule has 0 aliphatic carbocycles. The van der Waals surface area contributed by atoms with Crippen LogP contribution in [-0.2, 0) is 9.31 Å². The lowest BCUT2D eigenvalue weighted by atomic mass is 9.86. The van der Waals surface area contributed by atoms with Crippen LogP contribution in [0.3, 0.4) is 0 Å². The van der Waals surface area contributed by atoms with Crippen molar-refractivity contribution in [1.29, 1.82) is 0 Å². The molecule has 0 saturated carbocycles. The molecular formula is C19H24BFO3. The predicted octanol–water partition coefficient (Wildman–Crippen LogP) is 3.75. The SMILES string of the molecule is CC(C)(O)C#Cc1cccc(C=C(F)B2OC(C)(C)C(C)(C)O2)c1. The topological polar surface area (TPSA) is 38.7 Å². The minimum Gasteiger partial charge on any atom is -0.398 e. The van der Waals surface area contributed by atoms with Crippen molar-refractivity contribution in [3.8, 4) is 11.8 Å². The second-order valence-electron chi connectivity index (χ2n) is 7.55. The van der Waals surface area contributed by atoms with Gasteiger partial charge in [0, 0.05) is 5.56 Å². The van der Waals surface area contributed by atoms with Crippen molar-refractivity contribution in [2.45, 2.75) is 58.3 Å². The van der Waals surface area contributed by atoms with Crippen LogP contribution in [0.1, 0.15) is 52.7 Å². The molecule has 0 bridgehead atoms. The first-order valence-electron chi connectivity index (χ1n) is 7.98. The summed E-state index contributed by atoms with van der Waals surface area (Å²) in [5.41, 5.74) is -1.36. The van der Waals surface area contributed by atoms with Gasteiger partial charge in [0.25, 0.3) is 0 Å². The van der Waals surface area contributed by atoms with Crippen molar-refractivity contribution < 1.29 is 18.8 Å². The molecule has 3 nitrogen and oxygen atoms in total. The molecule has 0 radical (unpaired) electrons. The average Bonchev–Trinajstić information content (AvgIpc) is 2.65. The predicted molar refractivity (Wildman–Crippen MR) is 94.8 cm³/mol. The van der Waals surface area contributed by atoms with Gasteiger partial charge < -0.3 is 14.4 Å². The van der Waals surface area contributed by atoms with E-state index in [9.17, 15) is 9.50 Å². The molecule has 1 fully saturated rings. The van der Waals surface area contributed by atoms with Crippen LogP contribution in [0.25, 0.3) is 6.08 Å². The lowest BCUT2D eigenvalue weighted by Gasteiger charge is -2.32. The smallest absolute Gasteiger partial charge is 0.398 e. The first kappa shape index (κ1) is 18.7. The number of rotatable bonds is 2. The third-order valence-corrected chi connectivity index (χ3v) is 4.18. The number of hydrogen-bond acceptors (Lipinski definition) is 3. The number of benzene rings is 1. The second kappa shape index (κ2) is 6.36. The zero-order valence-corrected chi connectivity index (χ0v) is 15.1. The molecule has 0 atom stereocenters. The van der Waals surface area contributed by atoms with E-state index in [2.05, 4.69) is 11.8 Å². The highest BCUT2D eigenvalue weighted by molar-refractivity contribution is 6.54. The van der Waals surface area contributed by atoms with Gasteiger partial charge in [-0.2, -0.15) is 0 Å². The number of hydrogen-bond donors (Lipinski definition) is 1. The van der Waals surface area contributed by atoms with Crippen molar-refractivity contribution in [2.24, 2.45) is 0 Å². The van der Waals surface area contributed by atoms with E-state index in [1.807, 2.05) is 33.8 Å². The molecule has 1 aliphatic rings. The van der Waals surface area contributed by atoms with Crippen molar-refractivity contribution in [1.82, 2.24) is 0 Å². The summed E-state index contributed by atoms with van der Waals surface area (Å²) in [6, 6.07) is 7.13. The summed E-state index contributed by atoms with van der Waals surface area (Å²) < 4.78 is 25.9. The molecule has 0 aromatic heterocycles. The van der Waals surface area contributed by atoms with E-state index in [1.54, 1.807) is 32.0 Å². The Bertz CT molecular complexity index is 689. The Labute approximate surface area is 144 Å². The Balaban J connectivity index is 2.21. The van der Waals surface area contributed by atoms with Gasteiger partial charge in [-0.15, -0.1) is 0 Å². The van der Waals surface area contributed by atoms with Crippen LogP contribution >= 0.6 is 0 Å². The quantitative estimate of drug-likeness (QED) is 0.663. The number of halogens is 1. The van der Waals surface area contributed by atoms with Crippen LogP contribution in [0.2, 0.25) is 0 Å². The van der Waals surface area contributed by atoms with Gasteiger partial charge in [0.1, 0.15) is 11.3 Å². The maximum atomic E-state index is 14.5. The van der Waals surface area contributed by atoms with E-state index >= 15 is 0 Å². The minimum absolute atomic E-state index is 0.485. The average molecular weight is 330 g/mol. The first-order valence-corrected chi connectivity index (χ1v) is 7.98. The number of aliphatic hydroxyl groups is 1. The highest BCUT2D eigenvalue weighted by Crippen LogP contribution is 2.39. The van der Waals surface area contributed by atoms with Crippen LogP contribution < -0.4 is 0 Å². The molecule has 0 unspecified atom stereocenters. The fourth-order valence-corrected chi connectivity index (χ4v) is 2.11. The van der Waals surface area contributed by atoms with E-state index < -0.39 is 29.6 Å². The zero-order chi connectivity index (χ0) is 18.2. The van der Waals surface area contributed by atoms with Gasteiger partial charge >= 0.3 is 7.12 Å². The Hall–Kier alpha value is -1.61. The van der Waals surface area contributed by atoms with Crippen molar-refractivity contribution in [2.75, 3.05) is 0 Å². The first-order chi connectivity index (χ1) is 10.9. The van der Waals surface area contributed by atoms with Gasteiger partial charge in [-0.25, -0.2) is 4.39 Å². The Morgan fingerprint density at radius 3 is 2.33 bits per heavy atom. The molecular weight excluding hydrogens is 306 g/mol. The van der Waals surface area contributed by atoms with Crippen LogP contribution in [0.5, 0.6) is 0 Å². The molecule has 2 rings (SSSR count). The Kier molecular flexibility index (Phi) is 4.97. The second-order valence-corrected chi connectivity index (χ2v) is 7.55. The molecule has 1 heterocycles. The molecule has 128 valence electrons. The van der Waals surface area contributed by atoms with Gasteiger partial charge in [-0.3, -0.25) is 0 Å². The van der Waals surface area contributed by atoms with Crippen molar-refractivity contribution >= 4 is 13.2 Å². The molecule has 0 amide bonds. The molecule has 0 spiro atoms. The van der Waals surface area contributed by atoms with E-state index in [-0.39, 0.29) is 0 Å². The molecule has 1 saturated heterocycles. The molecule has 1 aromatic rings. The Morgan fingerprint density at radius 2 is 1.79 bits per heavy atom. The van der Waals surface area contributed by atoms with Gasteiger partial charge in [-0.1, -0.05) is 24.0 Å². The van der Waals surface area contributed by atoms with E-state index in [0.29, 0.717) is 11.1 Å². The van der Waals surface area contributed by atoms with Crippen LogP contribution in [0, 0.1) is 11.8 Å². The lowest BCUT2D eigenvalue weighted by Crippen LogP contribution is -2.41. The molecule has 24 heavy (non-hydrogen) atoms. The lowest BCUT2D eigenvalue weighted by molar-refractivity contribution is 0.00578. The maximum Gasteiger partial charge on any atom is 0.525 e. The molecule has 1 N–H and O–H groups in total. The highest BCUT2D eigenvalue weighted by Gasteiger charge is 2.53. The Morgan fingerprint density at radius 1 is 1.21 bits per heavy atom. The monoisotopic (exact) mass is 330 g/mol. The van der Waals surface area contributed by atoms with Gasteiger partial charge in [0.2, 0.25) is 0 Å². The minimum atomic E-state index is -1.07.